The summed E-state index contributed by atoms with van der Waals surface area (Å²) in [7, 11) is 0. The van der Waals surface area contributed by atoms with Crippen LogP contribution in [-0.4, -0.2) is 20.5 Å². The summed E-state index contributed by atoms with van der Waals surface area (Å²) >= 11 is 0. The lowest BCUT2D eigenvalue weighted by atomic mass is 10.3. The molecule has 0 aromatic carbocycles. The number of nitrogens with one attached hydrogen (secondary N) is 1. The summed E-state index contributed by atoms with van der Waals surface area (Å²) in [6.07, 6.45) is 1.07. The number of carbonyl (C=O) groups is 1. The average molecular weight is 206 g/mol. The minimum absolute atomic E-state index is 0.262. The zero-order valence-electron chi connectivity index (χ0n) is 7.43. The SMILES string of the molecule is O=C(O)c1c[nH]c2cccc(=O)n2c1=O. The lowest BCUT2D eigenvalue weighted by Gasteiger charge is -2.00. The van der Waals surface area contributed by atoms with E-state index in [1.807, 2.05) is 0 Å². The van der Waals surface area contributed by atoms with Crippen LogP contribution in [0.25, 0.3) is 5.65 Å². The summed E-state index contributed by atoms with van der Waals surface area (Å²) in [4.78, 5) is 36.1. The molecule has 0 fully saturated rings. The second-order valence-electron chi connectivity index (χ2n) is 2.90. The Labute approximate surface area is 82.4 Å². The lowest BCUT2D eigenvalue weighted by Crippen LogP contribution is -2.30. The molecule has 0 saturated carbocycles. The molecule has 0 aliphatic carbocycles. The van der Waals surface area contributed by atoms with Crippen LogP contribution < -0.4 is 11.1 Å². The van der Waals surface area contributed by atoms with E-state index in [-0.39, 0.29) is 5.65 Å². The van der Waals surface area contributed by atoms with E-state index < -0.39 is 22.7 Å². The molecule has 2 N–H and O–H groups in total. The molecule has 76 valence electrons. The Morgan fingerprint density at radius 3 is 2.73 bits per heavy atom. The molecule has 0 bridgehead atoms. The third-order valence-electron chi connectivity index (χ3n) is 1.98. The van der Waals surface area contributed by atoms with Gasteiger partial charge in [0.05, 0.1) is 0 Å². The van der Waals surface area contributed by atoms with E-state index in [0.29, 0.717) is 0 Å². The van der Waals surface area contributed by atoms with Crippen LogP contribution >= 0.6 is 0 Å². The van der Waals surface area contributed by atoms with Crippen LogP contribution in [0.2, 0.25) is 0 Å². The van der Waals surface area contributed by atoms with Crippen molar-refractivity contribution in [3.05, 3.63) is 50.7 Å². The number of carboxylic acids is 1. The van der Waals surface area contributed by atoms with Gasteiger partial charge in [-0.05, 0) is 6.07 Å². The van der Waals surface area contributed by atoms with Crippen molar-refractivity contribution < 1.29 is 9.90 Å². The van der Waals surface area contributed by atoms with Crippen LogP contribution in [-0.2, 0) is 0 Å². The fourth-order valence-electron chi connectivity index (χ4n) is 1.29. The van der Waals surface area contributed by atoms with Gasteiger partial charge >= 0.3 is 5.97 Å². The van der Waals surface area contributed by atoms with Crippen molar-refractivity contribution in [2.24, 2.45) is 0 Å². The average Bonchev–Trinajstić information content (AvgIpc) is 2.17. The van der Waals surface area contributed by atoms with Gasteiger partial charge < -0.3 is 10.1 Å². The van der Waals surface area contributed by atoms with E-state index in [1.54, 1.807) is 0 Å². The fraction of sp³-hybridized carbons (Fsp3) is 0. The third-order valence-corrected chi connectivity index (χ3v) is 1.98. The van der Waals surface area contributed by atoms with E-state index in [9.17, 15) is 14.4 Å². The van der Waals surface area contributed by atoms with Gasteiger partial charge in [0.15, 0.2) is 0 Å². The Balaban J connectivity index is 3.03. The van der Waals surface area contributed by atoms with Gasteiger partial charge in [0.25, 0.3) is 11.1 Å². The monoisotopic (exact) mass is 206 g/mol. The summed E-state index contributed by atoms with van der Waals surface area (Å²) in [6.45, 7) is 0. The first-order valence-corrected chi connectivity index (χ1v) is 4.08. The van der Waals surface area contributed by atoms with Gasteiger partial charge in [0.1, 0.15) is 11.2 Å². The van der Waals surface area contributed by atoms with Gasteiger partial charge in [0, 0.05) is 12.3 Å². The zero-order valence-corrected chi connectivity index (χ0v) is 7.43. The molecule has 0 aliphatic rings. The predicted octanol–water partition coefficient (Wildman–Crippen LogP) is -0.314. The van der Waals surface area contributed by atoms with Gasteiger partial charge in [-0.2, -0.15) is 0 Å². The van der Waals surface area contributed by atoms with Crippen molar-refractivity contribution in [3.8, 4) is 0 Å². The molecule has 6 heteroatoms. The number of aromatic amines is 1. The van der Waals surface area contributed by atoms with Gasteiger partial charge in [0.2, 0.25) is 0 Å². The maximum absolute atomic E-state index is 11.6. The maximum Gasteiger partial charge on any atom is 0.342 e. The highest BCUT2D eigenvalue weighted by Gasteiger charge is 2.11. The standard InChI is InChI=1S/C9H6N2O4/c12-7-3-1-2-6-10-4-5(9(14)15)8(13)11(6)7/h1-4,10H,(H,14,15). The first-order valence-electron chi connectivity index (χ1n) is 4.08. The van der Waals surface area contributed by atoms with Crippen LogP contribution in [0.5, 0.6) is 0 Å². The summed E-state index contributed by atoms with van der Waals surface area (Å²) in [5.41, 5.74) is -1.59. The number of H-pyrrole nitrogens is 1. The number of rotatable bonds is 1. The highest BCUT2D eigenvalue weighted by atomic mass is 16.4. The first kappa shape index (κ1) is 9.20. The number of carboxylic acid groups (broad SMARTS) is 1. The molecule has 15 heavy (non-hydrogen) atoms. The normalized spacial score (nSPS) is 10.4. The van der Waals surface area contributed by atoms with E-state index in [0.717, 1.165) is 10.6 Å². The van der Waals surface area contributed by atoms with Crippen LogP contribution in [0, 0.1) is 0 Å². The van der Waals surface area contributed by atoms with Crippen LogP contribution in [0.1, 0.15) is 10.4 Å². The zero-order chi connectivity index (χ0) is 11.0. The summed E-state index contributed by atoms with van der Waals surface area (Å²) in [6, 6.07) is 4.18. The molecular formula is C9H6N2O4. The molecule has 2 rings (SSSR count). The molecule has 0 aliphatic heterocycles. The minimum atomic E-state index is -1.37. The molecule has 0 unspecified atom stereocenters. The van der Waals surface area contributed by atoms with Crippen molar-refractivity contribution in [1.82, 2.24) is 9.38 Å². The topological polar surface area (TPSA) is 91.6 Å². The smallest absolute Gasteiger partial charge is 0.342 e. The Kier molecular flexibility index (Phi) is 1.89. The minimum Gasteiger partial charge on any atom is -0.477 e. The van der Waals surface area contributed by atoms with Gasteiger partial charge in [-0.1, -0.05) is 6.07 Å². The lowest BCUT2D eigenvalue weighted by molar-refractivity contribution is 0.0694. The summed E-state index contributed by atoms with van der Waals surface area (Å²) in [5.74, 6) is -1.37. The maximum atomic E-state index is 11.6. The molecule has 0 spiro atoms. The Hall–Kier alpha value is -2.37. The molecule has 2 aromatic heterocycles. The van der Waals surface area contributed by atoms with Crippen molar-refractivity contribution in [2.75, 3.05) is 0 Å². The molecule has 2 aromatic rings. The van der Waals surface area contributed by atoms with Crippen LogP contribution in [0.3, 0.4) is 0 Å². The van der Waals surface area contributed by atoms with Crippen molar-refractivity contribution >= 4 is 11.6 Å². The first-order chi connectivity index (χ1) is 7.11. The Bertz CT molecular complexity index is 653. The Morgan fingerprint density at radius 2 is 2.07 bits per heavy atom. The number of aromatic nitrogens is 2. The van der Waals surface area contributed by atoms with Gasteiger partial charge in [-0.3, -0.25) is 9.59 Å². The van der Waals surface area contributed by atoms with E-state index in [4.69, 9.17) is 5.11 Å². The van der Waals surface area contributed by atoms with E-state index in [1.165, 1.54) is 18.2 Å². The van der Waals surface area contributed by atoms with Crippen LogP contribution in [0.4, 0.5) is 0 Å². The highest BCUT2D eigenvalue weighted by molar-refractivity contribution is 5.86. The molecular weight excluding hydrogens is 200 g/mol. The quantitative estimate of drug-likeness (QED) is 0.669. The molecule has 0 saturated heterocycles. The van der Waals surface area contributed by atoms with E-state index in [2.05, 4.69) is 4.98 Å². The molecule has 2 heterocycles. The number of aromatic carboxylic acids is 1. The fourth-order valence-corrected chi connectivity index (χ4v) is 1.29. The molecule has 0 amide bonds. The van der Waals surface area contributed by atoms with Gasteiger partial charge in [-0.25, -0.2) is 9.20 Å². The van der Waals surface area contributed by atoms with Crippen molar-refractivity contribution in [1.29, 1.82) is 0 Å². The largest absolute Gasteiger partial charge is 0.477 e. The van der Waals surface area contributed by atoms with Crippen molar-refractivity contribution in [3.63, 3.8) is 0 Å². The van der Waals surface area contributed by atoms with Crippen molar-refractivity contribution in [2.45, 2.75) is 0 Å². The number of hydrogen-bond acceptors (Lipinski definition) is 3. The molecule has 6 nitrogen and oxygen atoms in total. The summed E-state index contributed by atoms with van der Waals surface area (Å²) < 4.78 is 0.781. The van der Waals surface area contributed by atoms with Gasteiger partial charge in [-0.15, -0.1) is 0 Å². The Morgan fingerprint density at radius 1 is 1.33 bits per heavy atom. The second kappa shape index (κ2) is 3.09. The number of hydrogen-bond donors (Lipinski definition) is 2. The number of pyridine rings is 1. The van der Waals surface area contributed by atoms with E-state index >= 15 is 0 Å². The molecule has 0 atom stereocenters. The summed E-state index contributed by atoms with van der Waals surface area (Å²) in [5, 5.41) is 8.68. The second-order valence-corrected chi connectivity index (χ2v) is 2.90. The highest BCUT2D eigenvalue weighted by Crippen LogP contribution is 1.94. The van der Waals surface area contributed by atoms with Crippen LogP contribution in [0.15, 0.2) is 34.0 Å². The third kappa shape index (κ3) is 1.32. The number of fused-ring (bicyclic) bond motifs is 1. The molecule has 0 radical (unpaired) electrons. The number of nitrogens with zero attached hydrogens (tertiary/aromatic N) is 1. The predicted molar refractivity (Wildman–Crippen MR) is 51.2 cm³/mol.